The first-order valence-electron chi connectivity index (χ1n) is 22.3. The zero-order chi connectivity index (χ0) is 43.6. The van der Waals surface area contributed by atoms with Crippen molar-refractivity contribution in [3.63, 3.8) is 0 Å². The van der Waals surface area contributed by atoms with Crippen LogP contribution in [0.2, 0.25) is 0 Å². The zero-order valence-electron chi connectivity index (χ0n) is 35.6. The Labute approximate surface area is 382 Å². The smallest absolute Gasteiger partial charge is 0.164 e. The van der Waals surface area contributed by atoms with Gasteiger partial charge < -0.3 is 0 Å². The maximum atomic E-state index is 5.20. The van der Waals surface area contributed by atoms with E-state index in [4.69, 9.17) is 29.9 Å². The summed E-state index contributed by atoms with van der Waals surface area (Å²) in [6.45, 7) is 0. The highest BCUT2D eigenvalue weighted by atomic mass is 15.0. The highest BCUT2D eigenvalue weighted by Crippen LogP contribution is 2.56. The number of hydrogen-bond donors (Lipinski definition) is 0. The monoisotopic (exact) mass is 842 g/mol. The van der Waals surface area contributed by atoms with Crippen molar-refractivity contribution in [2.75, 3.05) is 0 Å². The number of fused-ring (bicyclic) bond motifs is 1. The Morgan fingerprint density at radius 3 is 0.970 bits per heavy atom. The Morgan fingerprint density at radius 2 is 0.515 bits per heavy atom. The topological polar surface area (TPSA) is 77.3 Å². The molecule has 14 rings (SSSR count). The van der Waals surface area contributed by atoms with Crippen LogP contribution < -0.4 is 0 Å². The summed E-state index contributed by atoms with van der Waals surface area (Å²) in [6, 6.07) is 76.6. The van der Waals surface area contributed by atoms with Gasteiger partial charge in [0.05, 0.1) is 0 Å². The average Bonchev–Trinajstić information content (AvgIpc) is 3.40. The van der Waals surface area contributed by atoms with Gasteiger partial charge in [0.1, 0.15) is 0 Å². The molecule has 3 aliphatic rings. The van der Waals surface area contributed by atoms with Gasteiger partial charge in [0.15, 0.2) is 34.9 Å². The van der Waals surface area contributed by atoms with Crippen molar-refractivity contribution in [2.24, 2.45) is 0 Å². The van der Waals surface area contributed by atoms with E-state index < -0.39 is 0 Å². The van der Waals surface area contributed by atoms with Gasteiger partial charge in [-0.1, -0.05) is 200 Å². The second-order valence-electron chi connectivity index (χ2n) is 17.0. The molecular weight excluding hydrogens is 805 g/mol. The summed E-state index contributed by atoms with van der Waals surface area (Å²) < 4.78 is 0. The second-order valence-corrected chi connectivity index (χ2v) is 17.0. The van der Waals surface area contributed by atoms with Gasteiger partial charge in [-0.2, -0.15) is 0 Å². The molecule has 11 aromatic rings. The summed E-state index contributed by atoms with van der Waals surface area (Å²) in [6.07, 6.45) is 0. The third-order valence-electron chi connectivity index (χ3n) is 13.1. The van der Waals surface area contributed by atoms with Gasteiger partial charge in [0, 0.05) is 45.2 Å². The zero-order valence-corrected chi connectivity index (χ0v) is 35.6. The second kappa shape index (κ2) is 15.5. The van der Waals surface area contributed by atoms with E-state index in [1.54, 1.807) is 0 Å². The van der Waals surface area contributed by atoms with E-state index in [2.05, 4.69) is 140 Å². The van der Waals surface area contributed by atoms with Crippen molar-refractivity contribution >= 4 is 10.8 Å². The van der Waals surface area contributed by atoms with Crippen molar-refractivity contribution in [1.82, 2.24) is 29.9 Å². The quantitative estimate of drug-likeness (QED) is 0.159. The number of aromatic nitrogens is 6. The van der Waals surface area contributed by atoms with E-state index in [1.807, 2.05) is 78.9 Å². The first-order chi connectivity index (χ1) is 32.7. The minimum Gasteiger partial charge on any atom is -0.208 e. The van der Waals surface area contributed by atoms with E-state index in [-0.39, 0.29) is 11.8 Å². The highest BCUT2D eigenvalue weighted by molar-refractivity contribution is 5.87. The fraction of sp³-hybridized carbons (Fsp3) is 0.0333. The molecule has 6 heteroatoms. The molecule has 66 heavy (non-hydrogen) atoms. The molecule has 308 valence electrons. The third-order valence-corrected chi connectivity index (χ3v) is 13.1. The first-order valence-corrected chi connectivity index (χ1v) is 22.3. The molecule has 2 heterocycles. The number of hydrogen-bond acceptors (Lipinski definition) is 6. The van der Waals surface area contributed by atoms with Gasteiger partial charge in [-0.15, -0.1) is 0 Å². The van der Waals surface area contributed by atoms with E-state index in [0.29, 0.717) is 34.9 Å². The van der Waals surface area contributed by atoms with Gasteiger partial charge in [0.2, 0.25) is 0 Å². The maximum absolute atomic E-state index is 5.20. The molecule has 0 spiro atoms. The van der Waals surface area contributed by atoms with Gasteiger partial charge in [-0.25, -0.2) is 29.9 Å². The average molecular weight is 843 g/mol. The SMILES string of the molecule is c1ccc(-c2nc(-c3ccccc3)nc(-c3ccc4c(c3)C3c5ccccc5C4c4cc(-c5nc(-c6ccccc6)nc(-c6ccc(-c7ccc8ccccc8c7)cc6)n5)ccc43)n2)cc1. The van der Waals surface area contributed by atoms with Crippen LogP contribution in [0.15, 0.2) is 218 Å². The van der Waals surface area contributed by atoms with Crippen molar-refractivity contribution in [1.29, 1.82) is 0 Å². The molecule has 9 aromatic carbocycles. The Bertz CT molecular complexity index is 3590. The molecule has 2 unspecified atom stereocenters. The molecular formula is C60H38N6. The lowest BCUT2D eigenvalue weighted by atomic mass is 9.61. The van der Waals surface area contributed by atoms with Crippen LogP contribution in [0, 0.1) is 0 Å². The van der Waals surface area contributed by atoms with Crippen molar-refractivity contribution in [2.45, 2.75) is 11.8 Å². The molecule has 2 aromatic heterocycles. The van der Waals surface area contributed by atoms with Crippen LogP contribution in [-0.2, 0) is 0 Å². The normalized spacial score (nSPS) is 14.4. The van der Waals surface area contributed by atoms with Gasteiger partial charge >= 0.3 is 0 Å². The van der Waals surface area contributed by atoms with Gasteiger partial charge in [-0.05, 0) is 73.5 Å². The molecule has 0 radical (unpaired) electrons. The minimum absolute atomic E-state index is 0.0286. The molecule has 0 N–H and O–H groups in total. The molecule has 0 fully saturated rings. The summed E-state index contributed by atoms with van der Waals surface area (Å²) in [5.41, 5.74) is 15.8. The number of rotatable bonds is 7. The van der Waals surface area contributed by atoms with Crippen LogP contribution in [-0.4, -0.2) is 29.9 Å². The first kappa shape index (κ1) is 37.8. The van der Waals surface area contributed by atoms with Crippen LogP contribution in [0.25, 0.3) is 90.2 Å². The van der Waals surface area contributed by atoms with E-state index in [9.17, 15) is 0 Å². The summed E-state index contributed by atoms with van der Waals surface area (Å²) in [7, 11) is 0. The molecule has 0 saturated carbocycles. The van der Waals surface area contributed by atoms with Crippen LogP contribution >= 0.6 is 0 Å². The maximum Gasteiger partial charge on any atom is 0.164 e. The number of benzene rings is 9. The van der Waals surface area contributed by atoms with E-state index >= 15 is 0 Å². The lowest BCUT2D eigenvalue weighted by Crippen LogP contribution is -2.27. The molecule has 3 aliphatic carbocycles. The Hall–Kier alpha value is -8.74. The van der Waals surface area contributed by atoms with Crippen LogP contribution in [0.5, 0.6) is 0 Å². The summed E-state index contributed by atoms with van der Waals surface area (Å²) in [4.78, 5) is 30.6. The molecule has 2 atom stereocenters. The van der Waals surface area contributed by atoms with Crippen LogP contribution in [0.3, 0.4) is 0 Å². The summed E-state index contributed by atoms with van der Waals surface area (Å²) in [5, 5.41) is 2.45. The van der Waals surface area contributed by atoms with Crippen LogP contribution in [0.1, 0.15) is 45.2 Å². The Kier molecular flexibility index (Phi) is 8.88. The van der Waals surface area contributed by atoms with Crippen molar-refractivity contribution < 1.29 is 0 Å². The minimum atomic E-state index is 0.0286. The summed E-state index contributed by atoms with van der Waals surface area (Å²) >= 11 is 0. The van der Waals surface area contributed by atoms with Crippen molar-refractivity contribution in [3.05, 3.63) is 252 Å². The third kappa shape index (κ3) is 6.50. The van der Waals surface area contributed by atoms with E-state index in [1.165, 1.54) is 49.7 Å². The predicted octanol–water partition coefficient (Wildman–Crippen LogP) is 13.9. The fourth-order valence-electron chi connectivity index (χ4n) is 9.96. The van der Waals surface area contributed by atoms with Gasteiger partial charge in [0.25, 0.3) is 0 Å². The largest absolute Gasteiger partial charge is 0.208 e. The predicted molar refractivity (Wildman–Crippen MR) is 264 cm³/mol. The molecule has 0 aliphatic heterocycles. The van der Waals surface area contributed by atoms with E-state index in [0.717, 1.165) is 38.9 Å². The molecule has 0 saturated heterocycles. The van der Waals surface area contributed by atoms with Gasteiger partial charge in [-0.3, -0.25) is 0 Å². The highest BCUT2D eigenvalue weighted by Gasteiger charge is 2.41. The Morgan fingerprint density at radius 1 is 0.197 bits per heavy atom. The fourth-order valence-corrected chi connectivity index (χ4v) is 9.96. The summed E-state index contributed by atoms with van der Waals surface area (Å²) in [5.74, 6) is 3.93. The molecule has 0 amide bonds. The molecule has 2 bridgehead atoms. The number of nitrogens with zero attached hydrogens (tertiary/aromatic N) is 6. The van der Waals surface area contributed by atoms with Crippen LogP contribution in [0.4, 0.5) is 0 Å². The molecule has 6 nitrogen and oxygen atoms in total. The Balaban J connectivity index is 0.904. The lowest BCUT2D eigenvalue weighted by molar-refractivity contribution is 0.754. The standard InChI is InChI=1S/C60H38N6/c1-4-15-39(16-5-1)55-61-56(40-17-6-2-7-18-40)64-59(63-55)45-30-32-49-51(35-45)53-47-22-12-13-23-48(47)54(49)52-36-46(31-33-50(52)53)60-65-57(41-19-8-3-9-20-41)62-58(66-60)42-27-24-38(25-28-42)44-29-26-37-14-10-11-21-43(37)34-44/h1-36,53-54H. The van der Waals surface area contributed by atoms with Crippen molar-refractivity contribution in [3.8, 4) is 79.5 Å². The lowest BCUT2D eigenvalue weighted by Gasteiger charge is -2.42.